The normalized spacial score (nSPS) is 12.2. The highest BCUT2D eigenvalue weighted by molar-refractivity contribution is 5.94. The summed E-state index contributed by atoms with van der Waals surface area (Å²) >= 11 is 0. The highest BCUT2D eigenvalue weighted by atomic mass is 16.1. The van der Waals surface area contributed by atoms with E-state index in [9.17, 15) is 4.79 Å². The van der Waals surface area contributed by atoms with Gasteiger partial charge in [-0.2, -0.15) is 5.10 Å². The van der Waals surface area contributed by atoms with Crippen LogP contribution in [0.5, 0.6) is 0 Å². The van der Waals surface area contributed by atoms with E-state index in [4.69, 9.17) is 0 Å². The van der Waals surface area contributed by atoms with Gasteiger partial charge in [-0.3, -0.25) is 4.79 Å². The third kappa shape index (κ3) is 4.18. The Morgan fingerprint density at radius 2 is 1.77 bits per heavy atom. The van der Waals surface area contributed by atoms with Crippen LogP contribution in [0, 0.1) is 6.92 Å². The van der Waals surface area contributed by atoms with Crippen LogP contribution >= 0.6 is 0 Å². The molecule has 1 amide bonds. The molecule has 2 aromatic carbocycles. The molecule has 134 valence electrons. The number of nitrogens with one attached hydrogen (secondary N) is 1. The van der Waals surface area contributed by atoms with Gasteiger partial charge in [-0.15, -0.1) is 0 Å². The van der Waals surface area contributed by atoms with E-state index in [2.05, 4.69) is 15.3 Å². The molecule has 1 heterocycles. The molecule has 0 fully saturated rings. The Kier molecular flexibility index (Phi) is 5.49. The predicted molar refractivity (Wildman–Crippen MR) is 104 cm³/mol. The van der Waals surface area contributed by atoms with Crippen LogP contribution < -0.4 is 5.32 Å². The topological polar surface area (TPSA) is 50.2 Å². The molecule has 1 N–H and O–H groups in total. The maximum Gasteiger partial charge on any atom is 0.251 e. The van der Waals surface area contributed by atoms with Crippen molar-refractivity contribution in [2.24, 2.45) is 0 Å². The second kappa shape index (κ2) is 7.97. The standard InChI is InChI=1S/C21H24N4O/c1-16-13-14-22-25(16)19-11-9-18(10-12-19)21(26)23-20(15-24(2)3)17-7-5-4-6-8-17/h4-14,20H,15H2,1-3H3,(H,23,26)/t20-/m0/s1. The molecule has 0 radical (unpaired) electrons. The molecule has 0 saturated carbocycles. The minimum absolute atomic E-state index is 0.0632. The Morgan fingerprint density at radius 1 is 1.08 bits per heavy atom. The van der Waals surface area contributed by atoms with E-state index in [0.717, 1.165) is 23.5 Å². The van der Waals surface area contributed by atoms with Gasteiger partial charge in [0.05, 0.1) is 11.7 Å². The van der Waals surface area contributed by atoms with Crippen molar-refractivity contribution in [1.29, 1.82) is 0 Å². The van der Waals surface area contributed by atoms with Crippen molar-refractivity contribution in [3.8, 4) is 5.69 Å². The number of aromatic nitrogens is 2. The number of likely N-dealkylation sites (N-methyl/N-ethyl adjacent to an activating group) is 1. The average molecular weight is 348 g/mol. The molecule has 26 heavy (non-hydrogen) atoms. The van der Waals surface area contributed by atoms with Gasteiger partial charge < -0.3 is 10.2 Å². The zero-order valence-electron chi connectivity index (χ0n) is 15.4. The van der Waals surface area contributed by atoms with E-state index >= 15 is 0 Å². The van der Waals surface area contributed by atoms with Crippen LogP contribution in [0.1, 0.15) is 27.7 Å². The quantitative estimate of drug-likeness (QED) is 0.744. The van der Waals surface area contributed by atoms with Crippen LogP contribution in [-0.2, 0) is 0 Å². The maximum absolute atomic E-state index is 12.7. The molecule has 0 spiro atoms. The lowest BCUT2D eigenvalue weighted by atomic mass is 10.1. The zero-order valence-corrected chi connectivity index (χ0v) is 15.4. The van der Waals surface area contributed by atoms with Gasteiger partial charge in [0.25, 0.3) is 5.91 Å². The van der Waals surface area contributed by atoms with Crippen molar-refractivity contribution in [3.05, 3.63) is 83.7 Å². The van der Waals surface area contributed by atoms with Gasteiger partial charge >= 0.3 is 0 Å². The summed E-state index contributed by atoms with van der Waals surface area (Å²) in [5, 5.41) is 7.44. The third-order valence-corrected chi connectivity index (χ3v) is 4.26. The Morgan fingerprint density at radius 3 is 2.35 bits per heavy atom. The summed E-state index contributed by atoms with van der Waals surface area (Å²) in [6.45, 7) is 2.74. The van der Waals surface area contributed by atoms with Crippen LogP contribution in [0.3, 0.4) is 0 Å². The van der Waals surface area contributed by atoms with E-state index in [0.29, 0.717) is 5.56 Å². The smallest absolute Gasteiger partial charge is 0.251 e. The molecular weight excluding hydrogens is 324 g/mol. The van der Waals surface area contributed by atoms with Gasteiger partial charge in [-0.05, 0) is 56.9 Å². The van der Waals surface area contributed by atoms with Crippen molar-refractivity contribution in [1.82, 2.24) is 20.0 Å². The number of hydrogen-bond donors (Lipinski definition) is 1. The molecule has 0 saturated heterocycles. The summed E-state index contributed by atoms with van der Waals surface area (Å²) in [4.78, 5) is 14.8. The maximum atomic E-state index is 12.7. The van der Waals surface area contributed by atoms with Crippen molar-refractivity contribution in [2.45, 2.75) is 13.0 Å². The first-order valence-electron chi connectivity index (χ1n) is 8.66. The lowest BCUT2D eigenvalue weighted by molar-refractivity contribution is 0.0930. The number of nitrogens with zero attached hydrogens (tertiary/aromatic N) is 3. The Balaban J connectivity index is 1.76. The molecule has 0 aliphatic heterocycles. The molecule has 0 aliphatic rings. The summed E-state index contributed by atoms with van der Waals surface area (Å²) in [7, 11) is 4.01. The number of carbonyl (C=O) groups excluding carboxylic acids is 1. The van der Waals surface area contributed by atoms with Crippen molar-refractivity contribution in [3.63, 3.8) is 0 Å². The van der Waals surface area contributed by atoms with Crippen LogP contribution in [0.15, 0.2) is 66.9 Å². The fraction of sp³-hybridized carbons (Fsp3) is 0.238. The molecule has 5 heteroatoms. The summed E-state index contributed by atoms with van der Waals surface area (Å²) in [6.07, 6.45) is 1.77. The molecule has 0 unspecified atom stereocenters. The first kappa shape index (κ1) is 17.9. The Bertz CT molecular complexity index is 853. The van der Waals surface area contributed by atoms with Crippen LogP contribution in [0.2, 0.25) is 0 Å². The monoisotopic (exact) mass is 348 g/mol. The summed E-state index contributed by atoms with van der Waals surface area (Å²) in [5.41, 5.74) is 3.73. The number of aryl methyl sites for hydroxylation is 1. The van der Waals surface area contributed by atoms with Crippen LogP contribution in [0.25, 0.3) is 5.69 Å². The summed E-state index contributed by atoms with van der Waals surface area (Å²) in [6, 6.07) is 19.4. The SMILES string of the molecule is Cc1ccnn1-c1ccc(C(=O)N[C@@H](CN(C)C)c2ccccc2)cc1. The lowest BCUT2D eigenvalue weighted by Crippen LogP contribution is -2.35. The van der Waals surface area contributed by atoms with Crippen molar-refractivity contribution in [2.75, 3.05) is 20.6 Å². The van der Waals surface area contributed by atoms with Crippen LogP contribution in [-0.4, -0.2) is 41.2 Å². The number of carbonyl (C=O) groups is 1. The zero-order chi connectivity index (χ0) is 18.5. The first-order chi connectivity index (χ1) is 12.5. The first-order valence-corrected chi connectivity index (χ1v) is 8.66. The molecule has 1 atom stereocenters. The fourth-order valence-corrected chi connectivity index (χ4v) is 2.92. The second-order valence-corrected chi connectivity index (χ2v) is 6.63. The second-order valence-electron chi connectivity index (χ2n) is 6.63. The largest absolute Gasteiger partial charge is 0.344 e. The number of hydrogen-bond acceptors (Lipinski definition) is 3. The molecule has 0 aliphatic carbocycles. The molecule has 5 nitrogen and oxygen atoms in total. The van der Waals surface area contributed by atoms with E-state index in [1.54, 1.807) is 6.20 Å². The number of benzene rings is 2. The third-order valence-electron chi connectivity index (χ3n) is 4.26. The Labute approximate surface area is 154 Å². The van der Waals surface area contributed by atoms with Gasteiger partial charge in [0, 0.05) is 24.0 Å². The molecular formula is C21H24N4O. The van der Waals surface area contributed by atoms with Crippen molar-refractivity contribution < 1.29 is 4.79 Å². The van der Waals surface area contributed by atoms with Gasteiger partial charge in [0.15, 0.2) is 0 Å². The minimum Gasteiger partial charge on any atom is -0.344 e. The molecule has 3 rings (SSSR count). The van der Waals surface area contributed by atoms with Gasteiger partial charge in [0.1, 0.15) is 0 Å². The number of amides is 1. The lowest BCUT2D eigenvalue weighted by Gasteiger charge is -2.23. The minimum atomic E-state index is -0.0792. The molecule has 0 bridgehead atoms. The van der Waals surface area contributed by atoms with Crippen LogP contribution in [0.4, 0.5) is 0 Å². The molecule has 3 aromatic rings. The highest BCUT2D eigenvalue weighted by Gasteiger charge is 2.16. The average Bonchev–Trinajstić information content (AvgIpc) is 3.07. The summed E-state index contributed by atoms with van der Waals surface area (Å²) < 4.78 is 1.85. The van der Waals surface area contributed by atoms with E-state index in [1.165, 1.54) is 0 Å². The van der Waals surface area contributed by atoms with Gasteiger partial charge in [-0.1, -0.05) is 30.3 Å². The number of rotatable bonds is 6. The van der Waals surface area contributed by atoms with Gasteiger partial charge in [0.2, 0.25) is 0 Å². The molecule has 1 aromatic heterocycles. The fourth-order valence-electron chi connectivity index (χ4n) is 2.92. The van der Waals surface area contributed by atoms with Gasteiger partial charge in [-0.25, -0.2) is 4.68 Å². The predicted octanol–water partition coefficient (Wildman–Crippen LogP) is 3.21. The van der Waals surface area contributed by atoms with E-state index in [-0.39, 0.29) is 11.9 Å². The van der Waals surface area contributed by atoms with E-state index in [1.807, 2.05) is 86.4 Å². The Hall–Kier alpha value is -2.92. The summed E-state index contributed by atoms with van der Waals surface area (Å²) in [5.74, 6) is -0.0792. The van der Waals surface area contributed by atoms with Crippen molar-refractivity contribution >= 4 is 5.91 Å². The highest BCUT2D eigenvalue weighted by Crippen LogP contribution is 2.16. The van der Waals surface area contributed by atoms with E-state index < -0.39 is 0 Å².